The lowest BCUT2D eigenvalue weighted by atomic mass is 10.2. The number of anilines is 1. The highest BCUT2D eigenvalue weighted by Crippen LogP contribution is 2.20. The van der Waals surface area contributed by atoms with Crippen LogP contribution in [0.3, 0.4) is 0 Å². The second kappa shape index (κ2) is 10.3. The molecule has 0 bridgehead atoms. The average Bonchev–Trinajstić information content (AvgIpc) is 2.67. The van der Waals surface area contributed by atoms with E-state index in [2.05, 4.69) is 15.4 Å². The number of amides is 3. The Kier molecular flexibility index (Phi) is 8.01. The fourth-order valence-corrected chi connectivity index (χ4v) is 3.64. The van der Waals surface area contributed by atoms with Crippen LogP contribution < -0.4 is 15.4 Å². The van der Waals surface area contributed by atoms with Crippen LogP contribution in [0.4, 0.5) is 10.5 Å². The van der Waals surface area contributed by atoms with Gasteiger partial charge in [-0.15, -0.1) is 0 Å². The van der Waals surface area contributed by atoms with Gasteiger partial charge in [0.25, 0.3) is 15.9 Å². The van der Waals surface area contributed by atoms with Gasteiger partial charge in [0.1, 0.15) is 0 Å². The lowest BCUT2D eigenvalue weighted by Crippen LogP contribution is -2.46. The van der Waals surface area contributed by atoms with Gasteiger partial charge < -0.3 is 10.1 Å². The minimum Gasteiger partial charge on any atom is -0.449 e. The highest BCUT2D eigenvalue weighted by atomic mass is 35.5. The number of rotatable bonds is 7. The Morgan fingerprint density at radius 3 is 2.32 bits per heavy atom. The molecule has 0 aromatic heterocycles. The number of sulfonamides is 1. The second-order valence-electron chi connectivity index (χ2n) is 6.81. The molecule has 3 N–H and O–H groups in total. The molecule has 0 saturated carbocycles. The van der Waals surface area contributed by atoms with Gasteiger partial charge in [-0.2, -0.15) is 0 Å². The standard InChI is InChI=1S/C20H22ClN3O6S/c1-12(2)22-20(27)23-18(25)13(3)30-19(26)14-6-4-9-17(10-14)31(28,29)24-16-8-5-7-15(21)11-16/h4-13,24H,1-3H3,(H2,22,23,25,27). The van der Waals surface area contributed by atoms with Crippen molar-refractivity contribution in [3.8, 4) is 0 Å². The summed E-state index contributed by atoms with van der Waals surface area (Å²) in [6.45, 7) is 4.72. The van der Waals surface area contributed by atoms with E-state index in [-0.39, 0.29) is 22.2 Å². The topological polar surface area (TPSA) is 131 Å². The van der Waals surface area contributed by atoms with Gasteiger partial charge in [0.2, 0.25) is 0 Å². The molecule has 0 spiro atoms. The van der Waals surface area contributed by atoms with Crippen molar-refractivity contribution in [2.24, 2.45) is 0 Å². The van der Waals surface area contributed by atoms with Crippen molar-refractivity contribution in [1.82, 2.24) is 10.6 Å². The third-order valence-corrected chi connectivity index (χ3v) is 5.38. The second-order valence-corrected chi connectivity index (χ2v) is 8.93. The van der Waals surface area contributed by atoms with Crippen molar-refractivity contribution in [3.63, 3.8) is 0 Å². The summed E-state index contributed by atoms with van der Waals surface area (Å²) >= 11 is 5.86. The molecule has 2 aromatic rings. The van der Waals surface area contributed by atoms with Gasteiger partial charge in [-0.1, -0.05) is 23.7 Å². The first-order valence-corrected chi connectivity index (χ1v) is 11.0. The smallest absolute Gasteiger partial charge is 0.338 e. The van der Waals surface area contributed by atoms with Gasteiger partial charge in [-0.25, -0.2) is 18.0 Å². The summed E-state index contributed by atoms with van der Waals surface area (Å²) in [6, 6.07) is 10.4. The van der Waals surface area contributed by atoms with Crippen molar-refractivity contribution in [2.75, 3.05) is 4.72 Å². The minimum atomic E-state index is -4.01. The van der Waals surface area contributed by atoms with Crippen LogP contribution in [0.15, 0.2) is 53.4 Å². The lowest BCUT2D eigenvalue weighted by Gasteiger charge is -2.15. The summed E-state index contributed by atoms with van der Waals surface area (Å²) in [7, 11) is -4.01. The number of nitrogens with one attached hydrogen (secondary N) is 3. The highest BCUT2D eigenvalue weighted by Gasteiger charge is 2.22. The van der Waals surface area contributed by atoms with Crippen molar-refractivity contribution in [2.45, 2.75) is 37.8 Å². The number of halogens is 1. The maximum Gasteiger partial charge on any atom is 0.338 e. The van der Waals surface area contributed by atoms with Crippen LogP contribution in [-0.2, 0) is 19.6 Å². The van der Waals surface area contributed by atoms with Crippen LogP contribution in [0, 0.1) is 0 Å². The van der Waals surface area contributed by atoms with Crippen molar-refractivity contribution < 1.29 is 27.5 Å². The van der Waals surface area contributed by atoms with E-state index in [4.69, 9.17) is 16.3 Å². The molecule has 9 nitrogen and oxygen atoms in total. The zero-order valence-corrected chi connectivity index (χ0v) is 18.6. The number of hydrogen-bond donors (Lipinski definition) is 3. The van der Waals surface area contributed by atoms with E-state index in [0.717, 1.165) is 6.07 Å². The average molecular weight is 468 g/mol. The number of carbonyl (C=O) groups is 3. The normalized spacial score (nSPS) is 12.0. The molecule has 3 amide bonds. The first-order valence-electron chi connectivity index (χ1n) is 9.18. The lowest BCUT2D eigenvalue weighted by molar-refractivity contribution is -0.127. The monoisotopic (exact) mass is 467 g/mol. The SMILES string of the molecule is CC(C)NC(=O)NC(=O)C(C)OC(=O)c1cccc(S(=O)(=O)Nc2cccc(Cl)c2)c1. The molecule has 0 aliphatic rings. The van der Waals surface area contributed by atoms with E-state index >= 15 is 0 Å². The third-order valence-electron chi connectivity index (χ3n) is 3.77. The van der Waals surface area contributed by atoms with Gasteiger partial charge in [-0.3, -0.25) is 14.8 Å². The number of urea groups is 1. The summed E-state index contributed by atoms with van der Waals surface area (Å²) in [5.41, 5.74) is 0.172. The molecule has 11 heteroatoms. The van der Waals surface area contributed by atoms with E-state index in [1.807, 2.05) is 0 Å². The maximum atomic E-state index is 12.6. The zero-order valence-electron chi connectivity index (χ0n) is 17.0. The first kappa shape index (κ1) is 24.2. The Morgan fingerprint density at radius 2 is 1.68 bits per heavy atom. The van der Waals surface area contributed by atoms with Crippen LogP contribution in [0.2, 0.25) is 5.02 Å². The zero-order chi connectivity index (χ0) is 23.2. The van der Waals surface area contributed by atoms with Gasteiger partial charge in [0, 0.05) is 11.1 Å². The molecule has 2 aromatic carbocycles. The Bertz CT molecular complexity index is 1090. The van der Waals surface area contributed by atoms with Gasteiger partial charge in [-0.05, 0) is 57.2 Å². The first-order chi connectivity index (χ1) is 14.5. The van der Waals surface area contributed by atoms with Crippen LogP contribution in [-0.4, -0.2) is 38.5 Å². The Morgan fingerprint density at radius 1 is 1.00 bits per heavy atom. The van der Waals surface area contributed by atoms with Crippen molar-refractivity contribution in [1.29, 1.82) is 0 Å². The Labute approximate surface area is 185 Å². The van der Waals surface area contributed by atoms with Crippen LogP contribution in [0.1, 0.15) is 31.1 Å². The number of benzene rings is 2. The van der Waals surface area contributed by atoms with Gasteiger partial charge >= 0.3 is 12.0 Å². The molecule has 0 radical (unpaired) electrons. The largest absolute Gasteiger partial charge is 0.449 e. The molecule has 0 heterocycles. The molecule has 0 aliphatic heterocycles. The number of carbonyl (C=O) groups excluding carboxylic acids is 3. The number of hydrogen-bond acceptors (Lipinski definition) is 6. The number of imide groups is 1. The fourth-order valence-electron chi connectivity index (χ4n) is 2.35. The van der Waals surface area contributed by atoms with E-state index in [0.29, 0.717) is 5.02 Å². The van der Waals surface area contributed by atoms with Crippen LogP contribution >= 0.6 is 11.6 Å². The minimum absolute atomic E-state index is 0.0831. The Hall–Kier alpha value is -3.11. The van der Waals surface area contributed by atoms with Crippen LogP contribution in [0.5, 0.6) is 0 Å². The molecule has 0 aliphatic carbocycles. The molecule has 1 unspecified atom stereocenters. The molecule has 1 atom stereocenters. The van der Waals surface area contributed by atoms with Gasteiger partial charge in [0.15, 0.2) is 6.10 Å². The van der Waals surface area contributed by atoms with E-state index in [1.54, 1.807) is 26.0 Å². The number of esters is 1. The molecule has 2 rings (SSSR count). The van der Waals surface area contributed by atoms with Crippen LogP contribution in [0.25, 0.3) is 0 Å². The summed E-state index contributed by atoms with van der Waals surface area (Å²) in [5.74, 6) is -1.75. The molecule has 0 fully saturated rings. The quantitative estimate of drug-likeness (QED) is 0.536. The van der Waals surface area contributed by atoms with E-state index in [1.165, 1.54) is 37.3 Å². The van der Waals surface area contributed by atoms with Crippen molar-refractivity contribution >= 4 is 45.2 Å². The Balaban J connectivity index is 2.09. The summed E-state index contributed by atoms with van der Waals surface area (Å²) in [5, 5.41) is 4.87. The summed E-state index contributed by atoms with van der Waals surface area (Å²) < 4.78 is 32.6. The van der Waals surface area contributed by atoms with Gasteiger partial charge in [0.05, 0.1) is 16.1 Å². The summed E-state index contributed by atoms with van der Waals surface area (Å²) in [4.78, 5) is 35.8. The molecule has 166 valence electrons. The predicted molar refractivity (Wildman–Crippen MR) is 115 cm³/mol. The van der Waals surface area contributed by atoms with Crippen molar-refractivity contribution in [3.05, 3.63) is 59.1 Å². The maximum absolute atomic E-state index is 12.6. The fraction of sp³-hybridized carbons (Fsp3) is 0.250. The molecule has 0 saturated heterocycles. The predicted octanol–water partition coefficient (Wildman–Crippen LogP) is 2.92. The highest BCUT2D eigenvalue weighted by molar-refractivity contribution is 7.92. The van der Waals surface area contributed by atoms with E-state index in [9.17, 15) is 22.8 Å². The van der Waals surface area contributed by atoms with E-state index < -0.39 is 34.0 Å². The molecular weight excluding hydrogens is 446 g/mol. The number of ether oxygens (including phenoxy) is 1. The molecule has 31 heavy (non-hydrogen) atoms. The molecular formula is C20H22ClN3O6S. The third kappa shape index (κ3) is 7.26. The summed E-state index contributed by atoms with van der Waals surface area (Å²) in [6.07, 6.45) is -1.28.